The van der Waals surface area contributed by atoms with Crippen molar-refractivity contribution in [2.24, 2.45) is 0 Å². The van der Waals surface area contributed by atoms with Gasteiger partial charge >= 0.3 is 5.97 Å². The zero-order chi connectivity index (χ0) is 21.0. The molecule has 29 heavy (non-hydrogen) atoms. The van der Waals surface area contributed by atoms with Crippen LogP contribution in [0.15, 0.2) is 47.4 Å². The van der Waals surface area contributed by atoms with Gasteiger partial charge in [0.25, 0.3) is 5.91 Å². The molecule has 2 aromatic carbocycles. The third-order valence-electron chi connectivity index (χ3n) is 4.58. The first-order valence-corrected chi connectivity index (χ1v) is 10.2. The molecule has 1 unspecified atom stereocenters. The van der Waals surface area contributed by atoms with E-state index in [1.54, 1.807) is 6.07 Å². The van der Waals surface area contributed by atoms with Crippen molar-refractivity contribution in [1.82, 2.24) is 5.48 Å². The monoisotopic (exact) mass is 434 g/mol. The van der Waals surface area contributed by atoms with Crippen LogP contribution in [-0.2, 0) is 16.0 Å². The summed E-state index contributed by atoms with van der Waals surface area (Å²) in [5.74, 6) is -2.16. The standard InChI is InChI=1S/C20H19ClN2O5S/c21-14-7-4-12(5-8-14)2-1-3-17-19(25)23(11-18(24)22-28)15-10-13(20(26)27)6-9-16(15)29-17/h4-10,17,28H,1-3,11H2,(H,22,24)(H,26,27). The minimum atomic E-state index is -1.12. The molecular formula is C20H19ClN2O5S. The van der Waals surface area contributed by atoms with Crippen LogP contribution in [-0.4, -0.2) is 39.9 Å². The van der Waals surface area contributed by atoms with E-state index in [1.165, 1.54) is 34.3 Å². The summed E-state index contributed by atoms with van der Waals surface area (Å²) in [6.07, 6.45) is 2.13. The van der Waals surface area contributed by atoms with Crippen molar-refractivity contribution in [3.8, 4) is 0 Å². The number of benzene rings is 2. The van der Waals surface area contributed by atoms with Crippen LogP contribution in [0.2, 0.25) is 5.02 Å². The number of anilines is 1. The number of hydrogen-bond donors (Lipinski definition) is 3. The second-order valence-corrected chi connectivity index (χ2v) is 8.25. The molecule has 1 heterocycles. The largest absolute Gasteiger partial charge is 0.478 e. The van der Waals surface area contributed by atoms with Gasteiger partial charge in [0.05, 0.1) is 16.5 Å². The number of nitrogens with zero attached hydrogens (tertiary/aromatic N) is 1. The topological polar surface area (TPSA) is 107 Å². The molecule has 7 nitrogen and oxygen atoms in total. The Morgan fingerprint density at radius 3 is 2.55 bits per heavy atom. The molecule has 2 amide bonds. The van der Waals surface area contributed by atoms with Gasteiger partial charge in [0.15, 0.2) is 0 Å². The first kappa shape index (κ1) is 21.2. The van der Waals surface area contributed by atoms with Crippen molar-refractivity contribution >= 4 is 46.8 Å². The maximum atomic E-state index is 13.0. The van der Waals surface area contributed by atoms with E-state index in [0.29, 0.717) is 17.1 Å². The molecule has 3 rings (SSSR count). The normalized spacial score (nSPS) is 15.7. The van der Waals surface area contributed by atoms with Gasteiger partial charge in [0.1, 0.15) is 6.54 Å². The number of carboxylic acid groups (broad SMARTS) is 1. The summed E-state index contributed by atoms with van der Waals surface area (Å²) in [5, 5.41) is 18.3. The first-order chi connectivity index (χ1) is 13.9. The predicted octanol–water partition coefficient (Wildman–Crippen LogP) is 3.37. The minimum absolute atomic E-state index is 0.0211. The van der Waals surface area contributed by atoms with Gasteiger partial charge in [0, 0.05) is 9.92 Å². The molecule has 0 aromatic heterocycles. The highest BCUT2D eigenvalue weighted by Crippen LogP contribution is 2.41. The van der Waals surface area contributed by atoms with Crippen LogP contribution < -0.4 is 10.4 Å². The predicted molar refractivity (Wildman–Crippen MR) is 110 cm³/mol. The van der Waals surface area contributed by atoms with Crippen LogP contribution in [0.1, 0.15) is 28.8 Å². The van der Waals surface area contributed by atoms with Gasteiger partial charge in [-0.25, -0.2) is 10.3 Å². The van der Waals surface area contributed by atoms with Gasteiger partial charge in [-0.2, -0.15) is 0 Å². The minimum Gasteiger partial charge on any atom is -0.478 e. The van der Waals surface area contributed by atoms with Gasteiger partial charge in [0.2, 0.25) is 5.91 Å². The van der Waals surface area contributed by atoms with Crippen molar-refractivity contribution in [3.05, 3.63) is 58.6 Å². The van der Waals surface area contributed by atoms with E-state index in [4.69, 9.17) is 16.8 Å². The van der Waals surface area contributed by atoms with Crippen LogP contribution in [0.25, 0.3) is 0 Å². The molecule has 0 aliphatic carbocycles. The summed E-state index contributed by atoms with van der Waals surface area (Å²) >= 11 is 7.26. The Morgan fingerprint density at radius 1 is 1.17 bits per heavy atom. The average molecular weight is 435 g/mol. The van der Waals surface area contributed by atoms with Crippen molar-refractivity contribution in [1.29, 1.82) is 0 Å². The lowest BCUT2D eigenvalue weighted by Gasteiger charge is -2.33. The number of carboxylic acids is 1. The Hall–Kier alpha value is -2.55. The maximum Gasteiger partial charge on any atom is 0.335 e. The molecule has 3 N–H and O–H groups in total. The van der Waals surface area contributed by atoms with Crippen LogP contribution in [0.3, 0.4) is 0 Å². The summed E-state index contributed by atoms with van der Waals surface area (Å²) in [6.45, 7) is -0.389. The summed E-state index contributed by atoms with van der Waals surface area (Å²) in [7, 11) is 0. The molecule has 0 saturated carbocycles. The van der Waals surface area contributed by atoms with E-state index in [1.807, 2.05) is 24.3 Å². The number of nitrogens with one attached hydrogen (secondary N) is 1. The molecule has 0 spiro atoms. The van der Waals surface area contributed by atoms with Gasteiger partial charge in [-0.15, -0.1) is 11.8 Å². The average Bonchev–Trinajstić information content (AvgIpc) is 2.71. The Labute approximate surface area is 176 Å². The van der Waals surface area contributed by atoms with Crippen molar-refractivity contribution in [3.63, 3.8) is 0 Å². The van der Waals surface area contributed by atoms with E-state index in [-0.39, 0.29) is 18.0 Å². The number of aromatic carboxylic acids is 1. The molecule has 1 aliphatic heterocycles. The Kier molecular flexibility index (Phi) is 6.79. The van der Waals surface area contributed by atoms with Crippen molar-refractivity contribution in [2.75, 3.05) is 11.4 Å². The number of aryl methyl sites for hydroxylation is 1. The number of hydrogen-bond acceptors (Lipinski definition) is 5. The lowest BCUT2D eigenvalue weighted by molar-refractivity contribution is -0.129. The van der Waals surface area contributed by atoms with Crippen LogP contribution in [0.4, 0.5) is 5.69 Å². The number of carbonyl (C=O) groups excluding carboxylic acids is 2. The number of rotatable bonds is 7. The van der Waals surface area contributed by atoms with Crippen LogP contribution in [0.5, 0.6) is 0 Å². The first-order valence-electron chi connectivity index (χ1n) is 8.92. The molecular weight excluding hydrogens is 416 g/mol. The zero-order valence-electron chi connectivity index (χ0n) is 15.3. The van der Waals surface area contributed by atoms with Crippen molar-refractivity contribution in [2.45, 2.75) is 29.4 Å². The smallest absolute Gasteiger partial charge is 0.335 e. The SMILES string of the molecule is O=C(CN1C(=O)C(CCCc2ccc(Cl)cc2)Sc2ccc(C(=O)O)cc21)NO. The fraction of sp³-hybridized carbons (Fsp3) is 0.250. The van der Waals surface area contributed by atoms with E-state index in [9.17, 15) is 19.5 Å². The number of carbonyl (C=O) groups is 3. The highest BCUT2D eigenvalue weighted by Gasteiger charge is 2.34. The number of amides is 2. The molecule has 0 bridgehead atoms. The molecule has 9 heteroatoms. The van der Waals surface area contributed by atoms with Crippen molar-refractivity contribution < 1.29 is 24.7 Å². The third-order valence-corrected chi connectivity index (χ3v) is 6.15. The molecule has 0 radical (unpaired) electrons. The van der Waals surface area contributed by atoms with E-state index < -0.39 is 17.1 Å². The Balaban J connectivity index is 1.77. The van der Waals surface area contributed by atoms with Gasteiger partial charge < -0.3 is 10.0 Å². The molecule has 1 aliphatic rings. The number of hydroxylamine groups is 1. The quantitative estimate of drug-likeness (QED) is 0.455. The molecule has 152 valence electrons. The molecule has 1 atom stereocenters. The maximum absolute atomic E-state index is 13.0. The Morgan fingerprint density at radius 2 is 1.90 bits per heavy atom. The highest BCUT2D eigenvalue weighted by molar-refractivity contribution is 8.01. The Bertz CT molecular complexity index is 935. The second-order valence-electron chi connectivity index (χ2n) is 6.57. The number of fused-ring (bicyclic) bond motifs is 1. The highest BCUT2D eigenvalue weighted by atomic mass is 35.5. The fourth-order valence-corrected chi connectivity index (χ4v) is 4.51. The fourth-order valence-electron chi connectivity index (χ4n) is 3.12. The molecule has 0 saturated heterocycles. The third kappa shape index (κ3) is 5.09. The van der Waals surface area contributed by atoms with E-state index in [0.717, 1.165) is 23.3 Å². The summed E-state index contributed by atoms with van der Waals surface area (Å²) in [5.41, 5.74) is 3.01. The molecule has 2 aromatic rings. The van der Waals surface area contributed by atoms with E-state index in [2.05, 4.69) is 0 Å². The van der Waals surface area contributed by atoms with Gasteiger partial charge in [-0.05, 0) is 55.2 Å². The van der Waals surface area contributed by atoms with Gasteiger partial charge in [-0.1, -0.05) is 23.7 Å². The number of halogens is 1. The number of thioether (sulfide) groups is 1. The van der Waals surface area contributed by atoms with E-state index >= 15 is 0 Å². The lowest BCUT2D eigenvalue weighted by Crippen LogP contribution is -2.46. The summed E-state index contributed by atoms with van der Waals surface area (Å²) in [4.78, 5) is 37.9. The summed E-state index contributed by atoms with van der Waals surface area (Å²) in [6, 6.07) is 12.0. The van der Waals surface area contributed by atoms with Crippen LogP contribution >= 0.6 is 23.4 Å². The lowest BCUT2D eigenvalue weighted by atomic mass is 10.1. The van der Waals surface area contributed by atoms with Gasteiger partial charge in [-0.3, -0.25) is 14.8 Å². The summed E-state index contributed by atoms with van der Waals surface area (Å²) < 4.78 is 0. The molecule has 0 fully saturated rings. The second kappa shape index (κ2) is 9.30. The van der Waals surface area contributed by atoms with Crippen LogP contribution in [0, 0.1) is 0 Å². The zero-order valence-corrected chi connectivity index (χ0v) is 16.9.